The van der Waals surface area contributed by atoms with Crippen molar-refractivity contribution in [2.45, 2.75) is 26.0 Å². The van der Waals surface area contributed by atoms with Crippen LogP contribution in [0.15, 0.2) is 18.2 Å². The summed E-state index contributed by atoms with van der Waals surface area (Å²) in [4.78, 5) is 0. The second kappa shape index (κ2) is 5.92. The molecule has 0 unspecified atom stereocenters. The summed E-state index contributed by atoms with van der Waals surface area (Å²) in [6.45, 7) is 0.827. The zero-order valence-corrected chi connectivity index (χ0v) is 9.57. The molecule has 0 heterocycles. The quantitative estimate of drug-likeness (QED) is 0.853. The van der Waals surface area contributed by atoms with Crippen molar-refractivity contribution in [3.8, 4) is 11.5 Å². The van der Waals surface area contributed by atoms with Crippen molar-refractivity contribution in [3.05, 3.63) is 23.8 Å². The molecule has 0 fully saturated rings. The van der Waals surface area contributed by atoms with Gasteiger partial charge in [0, 0.05) is 6.07 Å². The maximum Gasteiger partial charge on any atom is 0.573 e. The average Bonchev–Trinajstić information content (AvgIpc) is 2.26. The van der Waals surface area contributed by atoms with E-state index in [1.54, 1.807) is 6.92 Å². The number of halogens is 3. The summed E-state index contributed by atoms with van der Waals surface area (Å²) in [5.41, 5.74) is 0.219. The molecule has 0 aliphatic rings. The van der Waals surface area contributed by atoms with Gasteiger partial charge in [0.2, 0.25) is 0 Å². The lowest BCUT2D eigenvalue weighted by atomic mass is 10.2. The number of alkyl halides is 3. The third kappa shape index (κ3) is 4.80. The average molecular weight is 266 g/mol. The predicted octanol–water partition coefficient (Wildman–Crippen LogP) is 1.84. The standard InChI is InChI=1S/C11H13F3O4/c1-7(5-15)17-9-2-8(6-16)3-10(4-9)18-11(12,13)14/h2-4,7,15-16H,5-6H2,1H3/t7-/m1/s1. The fourth-order valence-electron chi connectivity index (χ4n) is 1.25. The molecule has 0 radical (unpaired) electrons. The van der Waals surface area contributed by atoms with Crippen LogP contribution >= 0.6 is 0 Å². The molecule has 0 saturated carbocycles. The number of aliphatic hydroxyl groups is 2. The molecule has 1 aromatic carbocycles. The van der Waals surface area contributed by atoms with Crippen LogP contribution in [0.3, 0.4) is 0 Å². The Kier molecular flexibility index (Phi) is 4.80. The van der Waals surface area contributed by atoms with Crippen LogP contribution in [-0.4, -0.2) is 29.3 Å². The SMILES string of the molecule is C[C@H](CO)Oc1cc(CO)cc(OC(F)(F)F)c1. The molecule has 2 N–H and O–H groups in total. The number of ether oxygens (including phenoxy) is 2. The summed E-state index contributed by atoms with van der Waals surface area (Å²) in [5.74, 6) is -0.392. The van der Waals surface area contributed by atoms with Gasteiger partial charge in [-0.15, -0.1) is 13.2 Å². The van der Waals surface area contributed by atoms with E-state index < -0.39 is 24.8 Å². The Labute approximate surface area is 102 Å². The number of hydrogen-bond donors (Lipinski definition) is 2. The molecule has 0 saturated heterocycles. The van der Waals surface area contributed by atoms with Gasteiger partial charge in [-0.05, 0) is 24.6 Å². The molecular weight excluding hydrogens is 253 g/mol. The van der Waals surface area contributed by atoms with Gasteiger partial charge in [0.1, 0.15) is 17.6 Å². The van der Waals surface area contributed by atoms with E-state index in [1.165, 1.54) is 6.07 Å². The highest BCUT2D eigenvalue weighted by Gasteiger charge is 2.31. The number of benzene rings is 1. The second-order valence-electron chi connectivity index (χ2n) is 3.63. The third-order valence-electron chi connectivity index (χ3n) is 1.95. The van der Waals surface area contributed by atoms with Crippen LogP contribution in [0.25, 0.3) is 0 Å². The molecule has 1 rings (SSSR count). The van der Waals surface area contributed by atoms with E-state index in [4.69, 9.17) is 14.9 Å². The largest absolute Gasteiger partial charge is 0.573 e. The van der Waals surface area contributed by atoms with Crippen molar-refractivity contribution in [2.24, 2.45) is 0 Å². The molecule has 0 aliphatic carbocycles. The maximum atomic E-state index is 12.1. The number of hydrogen-bond acceptors (Lipinski definition) is 4. The van der Waals surface area contributed by atoms with E-state index in [0.717, 1.165) is 12.1 Å². The first-order chi connectivity index (χ1) is 8.34. The molecule has 7 heteroatoms. The van der Waals surface area contributed by atoms with Crippen LogP contribution in [0, 0.1) is 0 Å². The van der Waals surface area contributed by atoms with Crippen molar-refractivity contribution in [2.75, 3.05) is 6.61 Å². The highest BCUT2D eigenvalue weighted by Crippen LogP contribution is 2.28. The van der Waals surface area contributed by atoms with Crippen LogP contribution in [0.5, 0.6) is 11.5 Å². The van der Waals surface area contributed by atoms with Gasteiger partial charge in [0.05, 0.1) is 13.2 Å². The Morgan fingerprint density at radius 1 is 1.17 bits per heavy atom. The number of aliphatic hydroxyl groups excluding tert-OH is 2. The molecule has 4 nitrogen and oxygen atoms in total. The first-order valence-corrected chi connectivity index (χ1v) is 5.12. The first-order valence-electron chi connectivity index (χ1n) is 5.12. The van der Waals surface area contributed by atoms with Crippen LogP contribution in [0.1, 0.15) is 12.5 Å². The molecule has 0 spiro atoms. The van der Waals surface area contributed by atoms with E-state index in [-0.39, 0.29) is 17.9 Å². The summed E-state index contributed by atoms with van der Waals surface area (Å²) < 4.78 is 45.1. The third-order valence-corrected chi connectivity index (χ3v) is 1.95. The van der Waals surface area contributed by atoms with E-state index in [9.17, 15) is 13.2 Å². The first kappa shape index (κ1) is 14.6. The van der Waals surface area contributed by atoms with Gasteiger partial charge in [-0.1, -0.05) is 0 Å². The molecule has 102 valence electrons. The minimum absolute atomic E-state index is 0.0855. The summed E-state index contributed by atoms with van der Waals surface area (Å²) in [6, 6.07) is 3.47. The molecule has 1 atom stereocenters. The van der Waals surface area contributed by atoms with Crippen molar-refractivity contribution in [1.82, 2.24) is 0 Å². The molecule has 0 aliphatic heterocycles. The minimum Gasteiger partial charge on any atom is -0.488 e. The minimum atomic E-state index is -4.81. The van der Waals surface area contributed by atoms with E-state index in [2.05, 4.69) is 4.74 Å². The van der Waals surface area contributed by atoms with Crippen LogP contribution in [0.2, 0.25) is 0 Å². The van der Waals surface area contributed by atoms with Gasteiger partial charge in [-0.25, -0.2) is 0 Å². The summed E-state index contributed by atoms with van der Waals surface area (Å²) in [6.07, 6.45) is -5.38. The van der Waals surface area contributed by atoms with Crippen LogP contribution in [-0.2, 0) is 6.61 Å². The molecule has 1 aromatic rings. The fourth-order valence-corrected chi connectivity index (χ4v) is 1.25. The molecular formula is C11H13F3O4. The smallest absolute Gasteiger partial charge is 0.488 e. The maximum absolute atomic E-state index is 12.1. The van der Waals surface area contributed by atoms with Crippen LogP contribution < -0.4 is 9.47 Å². The zero-order valence-electron chi connectivity index (χ0n) is 9.57. The normalized spacial score (nSPS) is 13.2. The summed E-state index contributed by atoms with van der Waals surface area (Å²) in [5, 5.41) is 17.7. The van der Waals surface area contributed by atoms with Crippen molar-refractivity contribution < 1.29 is 32.9 Å². The molecule has 0 amide bonds. The summed E-state index contributed by atoms with van der Waals surface area (Å²) >= 11 is 0. The Hall–Kier alpha value is -1.47. The monoisotopic (exact) mass is 266 g/mol. The Balaban J connectivity index is 2.94. The fraction of sp³-hybridized carbons (Fsp3) is 0.455. The molecule has 0 aromatic heterocycles. The lowest BCUT2D eigenvalue weighted by molar-refractivity contribution is -0.274. The lowest BCUT2D eigenvalue weighted by Crippen LogP contribution is -2.18. The van der Waals surface area contributed by atoms with Crippen LogP contribution in [0.4, 0.5) is 13.2 Å². The van der Waals surface area contributed by atoms with Gasteiger partial charge < -0.3 is 19.7 Å². The number of rotatable bonds is 5. The highest BCUT2D eigenvalue weighted by molar-refractivity contribution is 5.38. The Morgan fingerprint density at radius 2 is 1.78 bits per heavy atom. The zero-order chi connectivity index (χ0) is 13.8. The molecule has 0 bridgehead atoms. The van der Waals surface area contributed by atoms with Gasteiger partial charge in [-0.3, -0.25) is 0 Å². The van der Waals surface area contributed by atoms with Gasteiger partial charge >= 0.3 is 6.36 Å². The molecule has 18 heavy (non-hydrogen) atoms. The van der Waals surface area contributed by atoms with Crippen molar-refractivity contribution in [3.63, 3.8) is 0 Å². The van der Waals surface area contributed by atoms with E-state index in [0.29, 0.717) is 0 Å². The second-order valence-corrected chi connectivity index (χ2v) is 3.63. The lowest BCUT2D eigenvalue weighted by Gasteiger charge is -2.15. The topological polar surface area (TPSA) is 58.9 Å². The van der Waals surface area contributed by atoms with E-state index >= 15 is 0 Å². The Morgan fingerprint density at radius 3 is 2.28 bits per heavy atom. The van der Waals surface area contributed by atoms with Gasteiger partial charge in [0.15, 0.2) is 0 Å². The highest BCUT2D eigenvalue weighted by atomic mass is 19.4. The predicted molar refractivity (Wildman–Crippen MR) is 56.2 cm³/mol. The summed E-state index contributed by atoms with van der Waals surface area (Å²) in [7, 11) is 0. The van der Waals surface area contributed by atoms with E-state index in [1.807, 2.05) is 0 Å². The van der Waals surface area contributed by atoms with Crippen molar-refractivity contribution in [1.29, 1.82) is 0 Å². The van der Waals surface area contributed by atoms with Crippen molar-refractivity contribution >= 4 is 0 Å². The Bertz CT molecular complexity index is 392. The van der Waals surface area contributed by atoms with Gasteiger partial charge in [0.25, 0.3) is 0 Å². The van der Waals surface area contributed by atoms with Gasteiger partial charge in [-0.2, -0.15) is 0 Å².